The Morgan fingerprint density at radius 2 is 2.03 bits per heavy atom. The minimum atomic E-state index is -4.11. The van der Waals surface area contributed by atoms with E-state index in [0.717, 1.165) is 16.7 Å². The minimum Gasteiger partial charge on any atom is -0.489 e. The standard InChI is InChI=1S/C23H21Cl2N3O4S/c1-2-15-16(17-7-9-32-19-6-8-27-23(26)21(17)19)4-3-5-18(15)28-33(30,31)20-11-14(24)10-13(12-29)22(20)25/h3-8,10-11,28-29H,2,9,12H2,1H3,(H2,26,27). The molecule has 2 aromatic carbocycles. The maximum Gasteiger partial charge on any atom is 0.263 e. The van der Waals surface area contributed by atoms with Gasteiger partial charge in [-0.25, -0.2) is 13.4 Å². The topological polar surface area (TPSA) is 115 Å². The summed E-state index contributed by atoms with van der Waals surface area (Å²) in [6.07, 6.45) is 4.01. The van der Waals surface area contributed by atoms with Gasteiger partial charge in [-0.3, -0.25) is 4.72 Å². The number of nitrogens with one attached hydrogen (secondary N) is 1. The molecule has 1 aromatic heterocycles. The number of nitrogen functional groups attached to an aromatic ring is 1. The molecule has 0 aliphatic carbocycles. The van der Waals surface area contributed by atoms with Gasteiger partial charge in [-0.15, -0.1) is 0 Å². The highest BCUT2D eigenvalue weighted by atomic mass is 35.5. The summed E-state index contributed by atoms with van der Waals surface area (Å²) < 4.78 is 34.8. The predicted molar refractivity (Wildman–Crippen MR) is 130 cm³/mol. The quantitative estimate of drug-likeness (QED) is 0.449. The van der Waals surface area contributed by atoms with Gasteiger partial charge in [0.15, 0.2) is 0 Å². The molecule has 1 aliphatic rings. The number of pyridine rings is 1. The van der Waals surface area contributed by atoms with Crippen molar-refractivity contribution in [2.24, 2.45) is 0 Å². The molecule has 33 heavy (non-hydrogen) atoms. The van der Waals surface area contributed by atoms with Gasteiger partial charge in [0.2, 0.25) is 0 Å². The lowest BCUT2D eigenvalue weighted by molar-refractivity contribution is 0.281. The van der Waals surface area contributed by atoms with Crippen LogP contribution in [0.5, 0.6) is 5.75 Å². The lowest BCUT2D eigenvalue weighted by atomic mass is 9.90. The van der Waals surface area contributed by atoms with Crippen molar-refractivity contribution in [1.29, 1.82) is 0 Å². The molecule has 3 aromatic rings. The molecule has 1 aliphatic heterocycles. The number of fused-ring (bicyclic) bond motifs is 1. The van der Waals surface area contributed by atoms with Crippen molar-refractivity contribution in [2.45, 2.75) is 24.8 Å². The molecule has 10 heteroatoms. The second-order valence-corrected chi connectivity index (χ2v) is 9.79. The number of aliphatic hydroxyl groups excluding tert-OH is 1. The number of sulfonamides is 1. The monoisotopic (exact) mass is 505 g/mol. The molecular weight excluding hydrogens is 485 g/mol. The summed E-state index contributed by atoms with van der Waals surface area (Å²) in [7, 11) is -4.11. The van der Waals surface area contributed by atoms with Gasteiger partial charge in [0.25, 0.3) is 10.0 Å². The van der Waals surface area contributed by atoms with Crippen LogP contribution < -0.4 is 15.2 Å². The molecule has 0 saturated carbocycles. The number of hydrogen-bond acceptors (Lipinski definition) is 6. The van der Waals surface area contributed by atoms with E-state index in [1.54, 1.807) is 24.4 Å². The first-order chi connectivity index (χ1) is 15.8. The Morgan fingerprint density at radius 1 is 1.24 bits per heavy atom. The Labute approximate surface area is 201 Å². The summed E-state index contributed by atoms with van der Waals surface area (Å²) in [6.45, 7) is 1.84. The van der Waals surface area contributed by atoms with Crippen LogP contribution in [0, 0.1) is 0 Å². The average Bonchev–Trinajstić information content (AvgIpc) is 2.79. The molecule has 4 N–H and O–H groups in total. The number of aromatic nitrogens is 1. The number of ether oxygens (including phenoxy) is 1. The lowest BCUT2D eigenvalue weighted by Gasteiger charge is -2.23. The third-order valence-corrected chi connectivity index (χ3v) is 7.51. The maximum absolute atomic E-state index is 13.3. The molecule has 0 spiro atoms. The van der Waals surface area contributed by atoms with E-state index in [1.165, 1.54) is 12.1 Å². The van der Waals surface area contributed by atoms with Crippen LogP contribution in [-0.4, -0.2) is 25.1 Å². The smallest absolute Gasteiger partial charge is 0.263 e. The molecular formula is C23H21Cl2N3O4S. The van der Waals surface area contributed by atoms with Crippen molar-refractivity contribution in [2.75, 3.05) is 17.1 Å². The van der Waals surface area contributed by atoms with Crippen molar-refractivity contribution in [3.05, 3.63) is 81.0 Å². The number of rotatable bonds is 6. The fourth-order valence-corrected chi connectivity index (χ4v) is 5.88. The lowest BCUT2D eigenvalue weighted by Crippen LogP contribution is -2.16. The van der Waals surface area contributed by atoms with Crippen LogP contribution in [0.3, 0.4) is 0 Å². The van der Waals surface area contributed by atoms with Gasteiger partial charge in [0, 0.05) is 11.2 Å². The third kappa shape index (κ3) is 4.39. The van der Waals surface area contributed by atoms with Crippen LogP contribution in [0.2, 0.25) is 10.0 Å². The Hall–Kier alpha value is -2.78. The van der Waals surface area contributed by atoms with Gasteiger partial charge >= 0.3 is 0 Å². The second kappa shape index (κ2) is 9.23. The SMILES string of the molecule is CCc1c(NS(=O)(=O)c2cc(Cl)cc(CO)c2Cl)cccc1C1=CCOc2ccnc(N)c21. The molecule has 0 unspecified atom stereocenters. The highest BCUT2D eigenvalue weighted by Gasteiger charge is 2.25. The second-order valence-electron chi connectivity index (χ2n) is 7.32. The van der Waals surface area contributed by atoms with Gasteiger partial charge in [-0.1, -0.05) is 42.3 Å². The number of hydrogen-bond donors (Lipinski definition) is 3. The first-order valence-corrected chi connectivity index (χ1v) is 12.3. The molecule has 4 rings (SSSR count). The van der Waals surface area contributed by atoms with E-state index in [-0.39, 0.29) is 20.5 Å². The molecule has 0 saturated heterocycles. The Bertz CT molecular complexity index is 1370. The average molecular weight is 506 g/mol. The van der Waals surface area contributed by atoms with Gasteiger partial charge in [0.1, 0.15) is 23.1 Å². The van der Waals surface area contributed by atoms with E-state index < -0.39 is 16.6 Å². The summed E-state index contributed by atoms with van der Waals surface area (Å²) in [4.78, 5) is 3.97. The highest BCUT2D eigenvalue weighted by Crippen LogP contribution is 2.40. The largest absolute Gasteiger partial charge is 0.489 e. The van der Waals surface area contributed by atoms with Crippen LogP contribution >= 0.6 is 23.2 Å². The summed E-state index contributed by atoms with van der Waals surface area (Å²) in [6, 6.07) is 9.77. The zero-order chi connectivity index (χ0) is 23.8. The number of anilines is 2. The zero-order valence-corrected chi connectivity index (χ0v) is 19.9. The van der Waals surface area contributed by atoms with Crippen LogP contribution in [-0.2, 0) is 23.1 Å². The highest BCUT2D eigenvalue weighted by molar-refractivity contribution is 7.92. The van der Waals surface area contributed by atoms with Crippen LogP contribution in [0.1, 0.15) is 29.2 Å². The van der Waals surface area contributed by atoms with E-state index in [2.05, 4.69) is 9.71 Å². The van der Waals surface area contributed by atoms with E-state index in [4.69, 9.17) is 33.7 Å². The Kier molecular flexibility index (Phi) is 6.54. The molecule has 7 nitrogen and oxygen atoms in total. The molecule has 0 bridgehead atoms. The maximum atomic E-state index is 13.3. The van der Waals surface area contributed by atoms with E-state index in [1.807, 2.05) is 19.1 Å². The van der Waals surface area contributed by atoms with Crippen LogP contribution in [0.4, 0.5) is 11.5 Å². The first-order valence-electron chi connectivity index (χ1n) is 10.1. The fraction of sp³-hybridized carbons (Fsp3) is 0.174. The van der Waals surface area contributed by atoms with Crippen molar-refractivity contribution in [1.82, 2.24) is 4.98 Å². The van der Waals surface area contributed by atoms with Gasteiger partial charge < -0.3 is 15.6 Å². The molecule has 0 atom stereocenters. The molecule has 0 radical (unpaired) electrons. The molecule has 0 fully saturated rings. The number of aliphatic hydroxyl groups is 1. The van der Waals surface area contributed by atoms with Crippen LogP contribution in [0.15, 0.2) is 53.6 Å². The Balaban J connectivity index is 1.81. The molecule has 172 valence electrons. The van der Waals surface area contributed by atoms with Crippen molar-refractivity contribution < 1.29 is 18.3 Å². The summed E-state index contributed by atoms with van der Waals surface area (Å²) in [5, 5.41) is 9.57. The van der Waals surface area contributed by atoms with Crippen LogP contribution in [0.25, 0.3) is 5.57 Å². The summed E-state index contributed by atoms with van der Waals surface area (Å²) >= 11 is 12.3. The third-order valence-electron chi connectivity index (χ3n) is 5.34. The Morgan fingerprint density at radius 3 is 2.76 bits per heavy atom. The number of nitrogens with zero attached hydrogens (tertiary/aromatic N) is 1. The van der Waals surface area contributed by atoms with Crippen molar-refractivity contribution >= 4 is 50.3 Å². The van der Waals surface area contributed by atoms with E-state index >= 15 is 0 Å². The number of benzene rings is 2. The van der Waals surface area contributed by atoms with E-state index in [0.29, 0.717) is 35.8 Å². The number of nitrogens with two attached hydrogens (primary N) is 1. The van der Waals surface area contributed by atoms with Gasteiger partial charge in [-0.05, 0) is 59.0 Å². The van der Waals surface area contributed by atoms with Gasteiger partial charge in [-0.2, -0.15) is 0 Å². The van der Waals surface area contributed by atoms with E-state index in [9.17, 15) is 13.5 Å². The zero-order valence-electron chi connectivity index (χ0n) is 17.6. The summed E-state index contributed by atoms with van der Waals surface area (Å²) in [5.41, 5.74) is 9.84. The molecule has 2 heterocycles. The van der Waals surface area contributed by atoms with Crippen molar-refractivity contribution in [3.63, 3.8) is 0 Å². The van der Waals surface area contributed by atoms with Gasteiger partial charge in [0.05, 0.1) is 22.9 Å². The normalized spacial score (nSPS) is 13.2. The van der Waals surface area contributed by atoms with Crippen molar-refractivity contribution in [3.8, 4) is 5.75 Å². The fourth-order valence-electron chi connectivity index (χ4n) is 3.86. The minimum absolute atomic E-state index is 0.0801. The predicted octanol–water partition coefficient (Wildman–Crippen LogP) is 4.65. The number of halogens is 2. The molecule has 0 amide bonds. The first kappa shape index (κ1) is 23.4. The summed E-state index contributed by atoms with van der Waals surface area (Å²) in [5.74, 6) is 0.948.